The molecule has 0 amide bonds. The molecule has 5 nitrogen and oxygen atoms in total. The SMILES string of the molecule is CNc1ccc2[nH]c(-c3ccccc3O)nc2n1. The number of aromatic nitrogens is 3. The fourth-order valence-corrected chi connectivity index (χ4v) is 1.83. The Morgan fingerprint density at radius 1 is 1.11 bits per heavy atom. The molecule has 3 aromatic rings. The van der Waals surface area contributed by atoms with Gasteiger partial charge < -0.3 is 15.4 Å². The van der Waals surface area contributed by atoms with Crippen LogP contribution >= 0.6 is 0 Å². The van der Waals surface area contributed by atoms with Crippen molar-refractivity contribution < 1.29 is 5.11 Å². The Hall–Kier alpha value is -2.56. The molecular formula is C13H12N4O. The molecule has 0 aliphatic carbocycles. The lowest BCUT2D eigenvalue weighted by Gasteiger charge is -1.98. The third kappa shape index (κ3) is 1.66. The number of H-pyrrole nitrogens is 1. The van der Waals surface area contributed by atoms with Crippen molar-refractivity contribution in [1.82, 2.24) is 15.0 Å². The summed E-state index contributed by atoms with van der Waals surface area (Å²) in [6.07, 6.45) is 0. The second kappa shape index (κ2) is 4.03. The summed E-state index contributed by atoms with van der Waals surface area (Å²) in [6.45, 7) is 0. The summed E-state index contributed by atoms with van der Waals surface area (Å²) < 4.78 is 0. The zero-order chi connectivity index (χ0) is 12.5. The molecular weight excluding hydrogens is 228 g/mol. The first-order valence-corrected chi connectivity index (χ1v) is 5.61. The molecule has 0 bridgehead atoms. The smallest absolute Gasteiger partial charge is 0.180 e. The van der Waals surface area contributed by atoms with Crippen molar-refractivity contribution in [3.05, 3.63) is 36.4 Å². The van der Waals surface area contributed by atoms with Crippen molar-refractivity contribution in [1.29, 1.82) is 0 Å². The van der Waals surface area contributed by atoms with Crippen molar-refractivity contribution in [3.63, 3.8) is 0 Å². The van der Waals surface area contributed by atoms with Crippen LogP contribution in [0.2, 0.25) is 0 Å². The van der Waals surface area contributed by atoms with E-state index >= 15 is 0 Å². The highest BCUT2D eigenvalue weighted by atomic mass is 16.3. The predicted molar refractivity (Wildman–Crippen MR) is 70.5 cm³/mol. The Bertz CT molecular complexity index is 705. The Kier molecular flexibility index (Phi) is 2.37. The number of phenolic OH excluding ortho intramolecular Hbond substituents is 1. The average Bonchev–Trinajstić information content (AvgIpc) is 2.81. The van der Waals surface area contributed by atoms with Gasteiger partial charge in [-0.1, -0.05) is 12.1 Å². The Morgan fingerprint density at radius 2 is 1.94 bits per heavy atom. The number of rotatable bonds is 2. The minimum Gasteiger partial charge on any atom is -0.507 e. The molecule has 0 aliphatic rings. The average molecular weight is 240 g/mol. The van der Waals surface area contributed by atoms with Crippen LogP contribution in [0.4, 0.5) is 5.82 Å². The van der Waals surface area contributed by atoms with E-state index in [9.17, 15) is 5.11 Å². The molecule has 0 atom stereocenters. The van der Waals surface area contributed by atoms with Gasteiger partial charge in [0.15, 0.2) is 5.65 Å². The van der Waals surface area contributed by atoms with Gasteiger partial charge in [0.05, 0.1) is 11.1 Å². The van der Waals surface area contributed by atoms with E-state index in [-0.39, 0.29) is 5.75 Å². The number of aromatic hydroxyl groups is 1. The lowest BCUT2D eigenvalue weighted by atomic mass is 10.2. The van der Waals surface area contributed by atoms with Gasteiger partial charge in [0.2, 0.25) is 0 Å². The van der Waals surface area contributed by atoms with Crippen molar-refractivity contribution in [3.8, 4) is 17.1 Å². The Labute approximate surface area is 104 Å². The highest BCUT2D eigenvalue weighted by Crippen LogP contribution is 2.27. The molecule has 1 aromatic carbocycles. The van der Waals surface area contributed by atoms with Gasteiger partial charge in [-0.25, -0.2) is 9.97 Å². The van der Waals surface area contributed by atoms with E-state index < -0.39 is 0 Å². The number of imidazole rings is 1. The molecule has 3 rings (SSSR count). The Balaban J connectivity index is 2.17. The van der Waals surface area contributed by atoms with Gasteiger partial charge in [-0.05, 0) is 24.3 Å². The van der Waals surface area contributed by atoms with Crippen LogP contribution in [0.25, 0.3) is 22.6 Å². The van der Waals surface area contributed by atoms with E-state index in [1.807, 2.05) is 31.3 Å². The molecule has 0 spiro atoms. The number of phenols is 1. The number of fused-ring (bicyclic) bond motifs is 1. The van der Waals surface area contributed by atoms with Crippen LogP contribution in [0.3, 0.4) is 0 Å². The summed E-state index contributed by atoms with van der Waals surface area (Å²) in [4.78, 5) is 11.9. The molecule has 18 heavy (non-hydrogen) atoms. The molecule has 3 N–H and O–H groups in total. The predicted octanol–water partition coefficient (Wildman–Crippen LogP) is 2.37. The number of aromatic amines is 1. The number of nitrogens with zero attached hydrogens (tertiary/aromatic N) is 2. The second-order valence-electron chi connectivity index (χ2n) is 3.92. The summed E-state index contributed by atoms with van der Waals surface area (Å²) >= 11 is 0. The van der Waals surface area contributed by atoms with E-state index in [2.05, 4.69) is 20.3 Å². The van der Waals surface area contributed by atoms with E-state index in [1.54, 1.807) is 12.1 Å². The number of anilines is 1. The van der Waals surface area contributed by atoms with Crippen molar-refractivity contribution >= 4 is 17.0 Å². The topological polar surface area (TPSA) is 73.8 Å². The second-order valence-corrected chi connectivity index (χ2v) is 3.92. The number of hydrogen-bond acceptors (Lipinski definition) is 4. The minimum absolute atomic E-state index is 0.199. The maximum Gasteiger partial charge on any atom is 0.180 e. The minimum atomic E-state index is 0.199. The first-order valence-electron chi connectivity index (χ1n) is 5.61. The lowest BCUT2D eigenvalue weighted by molar-refractivity contribution is 0.477. The zero-order valence-corrected chi connectivity index (χ0v) is 9.81. The van der Waals surface area contributed by atoms with Gasteiger partial charge in [0.1, 0.15) is 17.4 Å². The van der Waals surface area contributed by atoms with Crippen LogP contribution in [0.1, 0.15) is 0 Å². The third-order valence-corrected chi connectivity index (χ3v) is 2.76. The largest absolute Gasteiger partial charge is 0.507 e. The molecule has 0 unspecified atom stereocenters. The molecule has 90 valence electrons. The van der Waals surface area contributed by atoms with E-state index in [4.69, 9.17) is 0 Å². The molecule has 2 aromatic heterocycles. The fourth-order valence-electron chi connectivity index (χ4n) is 1.83. The van der Waals surface area contributed by atoms with Crippen molar-refractivity contribution in [2.75, 3.05) is 12.4 Å². The van der Waals surface area contributed by atoms with Crippen LogP contribution in [-0.2, 0) is 0 Å². The van der Waals surface area contributed by atoms with Crippen LogP contribution in [0.5, 0.6) is 5.75 Å². The van der Waals surface area contributed by atoms with Crippen LogP contribution in [0, 0.1) is 0 Å². The molecule has 5 heteroatoms. The maximum atomic E-state index is 9.80. The van der Waals surface area contributed by atoms with Gasteiger partial charge in [-0.3, -0.25) is 0 Å². The van der Waals surface area contributed by atoms with Crippen molar-refractivity contribution in [2.24, 2.45) is 0 Å². The molecule has 0 radical (unpaired) electrons. The molecule has 0 fully saturated rings. The number of benzene rings is 1. The monoisotopic (exact) mass is 240 g/mol. The van der Waals surface area contributed by atoms with Gasteiger partial charge in [-0.2, -0.15) is 0 Å². The van der Waals surface area contributed by atoms with Gasteiger partial charge in [-0.15, -0.1) is 0 Å². The molecule has 0 saturated carbocycles. The summed E-state index contributed by atoms with van der Waals surface area (Å²) in [5.41, 5.74) is 2.13. The summed E-state index contributed by atoms with van der Waals surface area (Å²) in [6, 6.07) is 10.9. The van der Waals surface area contributed by atoms with Crippen LogP contribution in [0.15, 0.2) is 36.4 Å². The quantitative estimate of drug-likeness (QED) is 0.643. The lowest BCUT2D eigenvalue weighted by Crippen LogP contribution is -1.91. The van der Waals surface area contributed by atoms with Gasteiger partial charge in [0, 0.05) is 7.05 Å². The molecule has 0 aliphatic heterocycles. The summed E-state index contributed by atoms with van der Waals surface area (Å²) in [7, 11) is 1.81. The number of pyridine rings is 1. The Morgan fingerprint density at radius 3 is 2.72 bits per heavy atom. The maximum absolute atomic E-state index is 9.80. The molecule has 2 heterocycles. The highest BCUT2D eigenvalue weighted by molar-refractivity contribution is 5.78. The molecule has 0 saturated heterocycles. The van der Waals surface area contributed by atoms with E-state index in [0.29, 0.717) is 17.0 Å². The third-order valence-electron chi connectivity index (χ3n) is 2.76. The van der Waals surface area contributed by atoms with Crippen molar-refractivity contribution in [2.45, 2.75) is 0 Å². The standard InChI is InChI=1S/C13H12N4O/c1-14-11-7-6-9-13(16-11)17-12(15-9)8-4-2-3-5-10(8)18/h2-7,18H,1H3,(H2,14,15,16,17). The summed E-state index contributed by atoms with van der Waals surface area (Å²) in [5, 5.41) is 12.8. The number of hydrogen-bond donors (Lipinski definition) is 3. The number of para-hydroxylation sites is 1. The normalized spacial score (nSPS) is 10.7. The van der Waals surface area contributed by atoms with Gasteiger partial charge in [0.25, 0.3) is 0 Å². The number of nitrogens with one attached hydrogen (secondary N) is 2. The summed E-state index contributed by atoms with van der Waals surface area (Å²) in [5.74, 6) is 1.58. The van der Waals surface area contributed by atoms with E-state index in [0.717, 1.165) is 11.3 Å². The first kappa shape index (κ1) is 10.6. The first-order chi connectivity index (χ1) is 8.78. The highest BCUT2D eigenvalue weighted by Gasteiger charge is 2.09. The fraction of sp³-hybridized carbons (Fsp3) is 0.0769. The zero-order valence-electron chi connectivity index (χ0n) is 9.81. The van der Waals surface area contributed by atoms with E-state index in [1.165, 1.54) is 0 Å². The van der Waals surface area contributed by atoms with Crippen LogP contribution < -0.4 is 5.32 Å². The van der Waals surface area contributed by atoms with Gasteiger partial charge >= 0.3 is 0 Å². The van der Waals surface area contributed by atoms with Crippen LogP contribution in [-0.4, -0.2) is 27.1 Å².